The molecule has 1 N–H and O–H groups in total. The van der Waals surface area contributed by atoms with Gasteiger partial charge in [0, 0.05) is 5.54 Å². The minimum Gasteiger partial charge on any atom is -0.478 e. The maximum absolute atomic E-state index is 12.6. The molecule has 0 radical (unpaired) electrons. The largest absolute Gasteiger partial charge is 0.478 e. The molecular weight excluding hydrogens is 270 g/mol. The maximum atomic E-state index is 12.6. The smallest absolute Gasteiger partial charge is 0.335 e. The molecule has 0 atom stereocenters. The lowest BCUT2D eigenvalue weighted by molar-refractivity contribution is 0.0372. The van der Waals surface area contributed by atoms with Gasteiger partial charge >= 0.3 is 5.97 Å². The molecular formula is C16H17NO4. The average Bonchev–Trinajstić information content (AvgIpc) is 2.71. The number of carbonyl (C=O) groups excluding carboxylic acids is 2. The van der Waals surface area contributed by atoms with E-state index in [9.17, 15) is 14.4 Å². The van der Waals surface area contributed by atoms with Crippen LogP contribution in [0.3, 0.4) is 0 Å². The first kappa shape index (κ1) is 13.8. The Morgan fingerprint density at radius 2 is 1.71 bits per heavy atom. The number of fused-ring (bicyclic) bond motifs is 1. The van der Waals surface area contributed by atoms with Crippen molar-refractivity contribution in [2.75, 3.05) is 0 Å². The second-order valence-electron chi connectivity index (χ2n) is 6.07. The van der Waals surface area contributed by atoms with Crippen LogP contribution in [0.5, 0.6) is 0 Å². The standard InChI is InChI=1S/C16H17NO4/c1-16(7-3-2-4-8-16)17-13(18)11-6-5-10(15(20)21)9-12(11)14(17)19/h5-6,9H,2-4,7-8H2,1H3,(H,20,21). The van der Waals surface area contributed by atoms with E-state index in [1.54, 1.807) is 0 Å². The summed E-state index contributed by atoms with van der Waals surface area (Å²) < 4.78 is 0. The number of carbonyl (C=O) groups is 3. The number of aromatic carboxylic acids is 1. The number of imide groups is 1. The monoisotopic (exact) mass is 287 g/mol. The van der Waals surface area contributed by atoms with E-state index in [1.165, 1.54) is 23.1 Å². The van der Waals surface area contributed by atoms with Crippen LogP contribution in [0.1, 0.15) is 70.1 Å². The molecule has 1 aliphatic heterocycles. The van der Waals surface area contributed by atoms with Gasteiger partial charge in [0.2, 0.25) is 0 Å². The van der Waals surface area contributed by atoms with Crippen LogP contribution < -0.4 is 0 Å². The number of benzene rings is 1. The summed E-state index contributed by atoms with van der Waals surface area (Å²) in [6.45, 7) is 1.95. The molecule has 0 bridgehead atoms. The Morgan fingerprint density at radius 1 is 1.10 bits per heavy atom. The van der Waals surface area contributed by atoms with Gasteiger partial charge in [-0.2, -0.15) is 0 Å². The third-order valence-electron chi connectivity index (χ3n) is 4.60. The molecule has 0 spiro atoms. The normalized spacial score (nSPS) is 20.5. The van der Waals surface area contributed by atoms with Gasteiger partial charge in [-0.25, -0.2) is 4.79 Å². The third kappa shape index (κ3) is 2.04. The summed E-state index contributed by atoms with van der Waals surface area (Å²) in [4.78, 5) is 37.5. The van der Waals surface area contributed by atoms with Crippen molar-refractivity contribution >= 4 is 17.8 Å². The van der Waals surface area contributed by atoms with Crippen molar-refractivity contribution in [1.29, 1.82) is 0 Å². The minimum absolute atomic E-state index is 0.0329. The van der Waals surface area contributed by atoms with E-state index < -0.39 is 11.5 Å². The Balaban J connectivity index is 2.02. The summed E-state index contributed by atoms with van der Waals surface area (Å²) in [5, 5.41) is 9.02. The van der Waals surface area contributed by atoms with E-state index >= 15 is 0 Å². The predicted octanol–water partition coefficient (Wildman–Crippen LogP) is 2.70. The highest BCUT2D eigenvalue weighted by Gasteiger charge is 2.46. The van der Waals surface area contributed by atoms with Gasteiger partial charge in [0.05, 0.1) is 16.7 Å². The average molecular weight is 287 g/mol. The summed E-state index contributed by atoms with van der Waals surface area (Å²) in [5.74, 6) is -1.75. The molecule has 2 amide bonds. The molecule has 1 aromatic rings. The van der Waals surface area contributed by atoms with Crippen LogP contribution in [0.4, 0.5) is 0 Å². The molecule has 1 saturated carbocycles. The lowest BCUT2D eigenvalue weighted by atomic mass is 9.82. The Bertz CT molecular complexity index is 644. The summed E-state index contributed by atoms with van der Waals surface area (Å²) >= 11 is 0. The van der Waals surface area contributed by atoms with Crippen LogP contribution in [0.15, 0.2) is 18.2 Å². The van der Waals surface area contributed by atoms with E-state index in [1.807, 2.05) is 6.92 Å². The number of carboxylic acids is 1. The Kier molecular flexibility index (Phi) is 3.08. The van der Waals surface area contributed by atoms with Crippen molar-refractivity contribution in [2.24, 2.45) is 0 Å². The van der Waals surface area contributed by atoms with E-state index in [-0.39, 0.29) is 22.9 Å². The van der Waals surface area contributed by atoms with Crippen molar-refractivity contribution in [3.63, 3.8) is 0 Å². The molecule has 0 saturated heterocycles. The summed E-state index contributed by atoms with van der Waals surface area (Å²) in [5.41, 5.74) is 0.114. The molecule has 2 aliphatic rings. The number of amides is 2. The van der Waals surface area contributed by atoms with Crippen molar-refractivity contribution < 1.29 is 19.5 Å². The van der Waals surface area contributed by atoms with Gasteiger partial charge in [-0.1, -0.05) is 19.3 Å². The highest BCUT2D eigenvalue weighted by Crippen LogP contribution is 2.38. The molecule has 0 aromatic heterocycles. The predicted molar refractivity (Wildman–Crippen MR) is 75.4 cm³/mol. The molecule has 5 nitrogen and oxygen atoms in total. The van der Waals surface area contributed by atoms with Crippen LogP contribution in [0.25, 0.3) is 0 Å². The first-order chi connectivity index (χ1) is 9.94. The van der Waals surface area contributed by atoms with Crippen LogP contribution in [-0.4, -0.2) is 33.3 Å². The van der Waals surface area contributed by atoms with Gasteiger partial charge in [0.25, 0.3) is 11.8 Å². The fraction of sp³-hybridized carbons (Fsp3) is 0.438. The highest BCUT2D eigenvalue weighted by atomic mass is 16.4. The fourth-order valence-electron chi connectivity index (χ4n) is 3.40. The fourth-order valence-corrected chi connectivity index (χ4v) is 3.40. The van der Waals surface area contributed by atoms with E-state index in [0.29, 0.717) is 5.56 Å². The quantitative estimate of drug-likeness (QED) is 0.849. The van der Waals surface area contributed by atoms with Crippen LogP contribution in [-0.2, 0) is 0 Å². The van der Waals surface area contributed by atoms with E-state index in [2.05, 4.69) is 0 Å². The second-order valence-corrected chi connectivity index (χ2v) is 6.07. The van der Waals surface area contributed by atoms with Crippen LogP contribution >= 0.6 is 0 Å². The number of carboxylic acid groups (broad SMARTS) is 1. The summed E-state index contributed by atoms with van der Waals surface area (Å²) in [6.07, 6.45) is 4.75. The minimum atomic E-state index is -1.10. The maximum Gasteiger partial charge on any atom is 0.335 e. The molecule has 3 rings (SSSR count). The third-order valence-corrected chi connectivity index (χ3v) is 4.60. The number of nitrogens with zero attached hydrogens (tertiary/aromatic N) is 1. The first-order valence-corrected chi connectivity index (χ1v) is 7.20. The van der Waals surface area contributed by atoms with Crippen LogP contribution in [0, 0.1) is 0 Å². The van der Waals surface area contributed by atoms with Gasteiger partial charge in [-0.15, -0.1) is 0 Å². The van der Waals surface area contributed by atoms with Gasteiger partial charge in [0.1, 0.15) is 0 Å². The lowest BCUT2D eigenvalue weighted by Gasteiger charge is -2.40. The molecule has 1 fully saturated rings. The van der Waals surface area contributed by atoms with Gasteiger partial charge in [0.15, 0.2) is 0 Å². The molecule has 0 unspecified atom stereocenters. The van der Waals surface area contributed by atoms with Gasteiger partial charge in [-0.3, -0.25) is 14.5 Å². The number of hydrogen-bond donors (Lipinski definition) is 1. The number of rotatable bonds is 2. The zero-order chi connectivity index (χ0) is 15.2. The molecule has 110 valence electrons. The summed E-state index contributed by atoms with van der Waals surface area (Å²) in [6, 6.07) is 4.13. The van der Waals surface area contributed by atoms with Gasteiger partial charge in [-0.05, 0) is 38.0 Å². The number of hydrogen-bond acceptors (Lipinski definition) is 3. The SMILES string of the molecule is CC1(N2C(=O)c3ccc(C(=O)O)cc3C2=O)CCCCC1. The van der Waals surface area contributed by atoms with E-state index in [4.69, 9.17) is 5.11 Å². The molecule has 1 aromatic carbocycles. The first-order valence-electron chi connectivity index (χ1n) is 7.20. The Hall–Kier alpha value is -2.17. The van der Waals surface area contributed by atoms with Crippen LogP contribution in [0.2, 0.25) is 0 Å². The van der Waals surface area contributed by atoms with Crippen molar-refractivity contribution in [3.8, 4) is 0 Å². The zero-order valence-corrected chi connectivity index (χ0v) is 11.9. The molecule has 5 heteroatoms. The van der Waals surface area contributed by atoms with Crippen molar-refractivity contribution in [2.45, 2.75) is 44.6 Å². The lowest BCUT2D eigenvalue weighted by Crippen LogP contribution is -2.50. The topological polar surface area (TPSA) is 74.7 Å². The van der Waals surface area contributed by atoms with Crippen molar-refractivity contribution in [3.05, 3.63) is 34.9 Å². The zero-order valence-electron chi connectivity index (χ0n) is 11.9. The second kappa shape index (κ2) is 4.69. The Labute approximate surface area is 122 Å². The van der Waals surface area contributed by atoms with E-state index in [0.717, 1.165) is 32.1 Å². The summed E-state index contributed by atoms with van der Waals surface area (Å²) in [7, 11) is 0. The molecule has 1 aliphatic carbocycles. The van der Waals surface area contributed by atoms with Crippen molar-refractivity contribution in [1.82, 2.24) is 4.90 Å². The Morgan fingerprint density at radius 3 is 2.33 bits per heavy atom. The van der Waals surface area contributed by atoms with Gasteiger partial charge < -0.3 is 5.11 Å². The highest BCUT2D eigenvalue weighted by molar-refractivity contribution is 6.22. The molecule has 1 heterocycles. The molecule has 21 heavy (non-hydrogen) atoms.